The highest BCUT2D eigenvalue weighted by Gasteiger charge is 1.98. The van der Waals surface area contributed by atoms with E-state index >= 15 is 0 Å². The molecule has 0 spiro atoms. The monoisotopic (exact) mass is 311 g/mol. The van der Waals surface area contributed by atoms with Gasteiger partial charge in [-0.15, -0.1) is 11.3 Å². The molecule has 1 amide bonds. The van der Waals surface area contributed by atoms with E-state index in [1.165, 1.54) is 4.88 Å². The van der Waals surface area contributed by atoms with Crippen LogP contribution in [0.4, 0.5) is 4.79 Å². The highest BCUT2D eigenvalue weighted by Crippen LogP contribution is 2.21. The Morgan fingerprint density at radius 1 is 1.58 bits per heavy atom. The largest absolute Gasteiger partial charge is 0.346 e. The van der Waals surface area contributed by atoms with Crippen LogP contribution in [-0.2, 0) is 6.42 Å². The van der Waals surface area contributed by atoms with Gasteiger partial charge in [0.05, 0.1) is 3.79 Å². The van der Waals surface area contributed by atoms with E-state index in [1.54, 1.807) is 11.3 Å². The second-order valence-electron chi connectivity index (χ2n) is 2.16. The van der Waals surface area contributed by atoms with E-state index in [1.807, 2.05) is 6.07 Å². The topological polar surface area (TPSA) is 29.1 Å². The third-order valence-corrected chi connectivity index (χ3v) is 3.23. The Kier molecular flexibility index (Phi) is 4.25. The number of hydrogen-bond acceptors (Lipinski definition) is 2. The maximum atomic E-state index is 10.4. The van der Waals surface area contributed by atoms with Crippen molar-refractivity contribution in [2.75, 3.05) is 6.54 Å². The number of amides is 1. The third-order valence-electron chi connectivity index (χ3n) is 1.26. The molecule has 0 aliphatic carbocycles. The van der Waals surface area contributed by atoms with Gasteiger partial charge in [0.2, 0.25) is 0 Å². The fraction of sp³-hybridized carbons (Fsp3) is 0.286. The number of carbonyl (C=O) groups is 1. The van der Waals surface area contributed by atoms with Crippen LogP contribution in [0.2, 0.25) is 0 Å². The van der Waals surface area contributed by atoms with Crippen molar-refractivity contribution in [2.24, 2.45) is 0 Å². The average Bonchev–Trinajstić information content (AvgIpc) is 2.35. The predicted molar refractivity (Wildman–Crippen MR) is 58.0 cm³/mol. The quantitative estimate of drug-likeness (QED) is 0.674. The molecule has 0 saturated carbocycles. The van der Waals surface area contributed by atoms with Crippen molar-refractivity contribution < 1.29 is 4.79 Å². The van der Waals surface area contributed by atoms with E-state index in [0.717, 1.165) is 10.2 Å². The van der Waals surface area contributed by atoms with Gasteiger partial charge in [-0.1, -0.05) is 0 Å². The first-order valence-corrected chi connectivity index (χ1v) is 5.76. The van der Waals surface area contributed by atoms with Crippen LogP contribution in [0.3, 0.4) is 0 Å². The molecule has 0 bridgehead atoms. The summed E-state index contributed by atoms with van der Waals surface area (Å²) in [6.45, 7) is 0.678. The van der Waals surface area contributed by atoms with Crippen LogP contribution < -0.4 is 5.32 Å². The minimum atomic E-state index is -0.155. The molecular formula is C7H7Br2NOS. The second kappa shape index (κ2) is 4.99. The molecule has 2 nitrogen and oxygen atoms in total. The smallest absolute Gasteiger partial charge is 0.287 e. The zero-order valence-electron chi connectivity index (χ0n) is 6.14. The Morgan fingerprint density at radius 3 is 2.83 bits per heavy atom. The van der Waals surface area contributed by atoms with Crippen LogP contribution in [0.15, 0.2) is 15.9 Å². The summed E-state index contributed by atoms with van der Waals surface area (Å²) in [7, 11) is 0. The fourth-order valence-electron chi connectivity index (χ4n) is 0.770. The summed E-state index contributed by atoms with van der Waals surface area (Å²) >= 11 is 7.86. The highest BCUT2D eigenvalue weighted by molar-refractivity contribution is 9.18. The lowest BCUT2D eigenvalue weighted by Gasteiger charge is -1.97. The SMILES string of the molecule is O=C(Br)NCCc1ccc(Br)s1. The molecule has 0 saturated heterocycles. The van der Waals surface area contributed by atoms with Gasteiger partial charge in [-0.3, -0.25) is 4.79 Å². The summed E-state index contributed by atoms with van der Waals surface area (Å²) in [5.41, 5.74) is 0. The molecule has 0 aliphatic heterocycles. The predicted octanol–water partition coefficient (Wildman–Crippen LogP) is 3.16. The van der Waals surface area contributed by atoms with Crippen LogP contribution in [0, 0.1) is 0 Å². The maximum absolute atomic E-state index is 10.4. The number of rotatable bonds is 3. The molecule has 0 aromatic carbocycles. The van der Waals surface area contributed by atoms with Crippen LogP contribution in [0.5, 0.6) is 0 Å². The molecule has 1 heterocycles. The van der Waals surface area contributed by atoms with Gasteiger partial charge in [-0.05, 0) is 34.5 Å². The van der Waals surface area contributed by atoms with Crippen molar-refractivity contribution in [3.05, 3.63) is 20.8 Å². The molecule has 1 rings (SSSR count). The summed E-state index contributed by atoms with van der Waals surface area (Å²) in [5, 5.41) is 2.67. The van der Waals surface area contributed by atoms with Gasteiger partial charge in [-0.2, -0.15) is 0 Å². The highest BCUT2D eigenvalue weighted by atomic mass is 79.9. The summed E-state index contributed by atoms with van der Waals surface area (Å²) in [5.74, 6) is 0. The molecule has 1 aromatic rings. The minimum absolute atomic E-state index is 0.155. The zero-order valence-corrected chi connectivity index (χ0v) is 10.1. The second-order valence-corrected chi connectivity index (χ2v) is 5.42. The Bertz CT molecular complexity index is 274. The van der Waals surface area contributed by atoms with Crippen molar-refractivity contribution >= 4 is 48.0 Å². The zero-order chi connectivity index (χ0) is 8.97. The Balaban J connectivity index is 2.29. The number of thiophene rings is 1. The van der Waals surface area contributed by atoms with Crippen LogP contribution in [0.25, 0.3) is 0 Å². The molecular weight excluding hydrogens is 306 g/mol. The molecule has 0 radical (unpaired) electrons. The summed E-state index contributed by atoms with van der Waals surface area (Å²) in [6.07, 6.45) is 0.883. The number of hydrogen-bond donors (Lipinski definition) is 1. The summed E-state index contributed by atoms with van der Waals surface area (Å²) < 4.78 is 1.13. The van der Waals surface area contributed by atoms with Gasteiger partial charge in [0, 0.05) is 27.4 Å². The molecule has 1 aromatic heterocycles. The lowest BCUT2D eigenvalue weighted by atomic mass is 10.3. The molecule has 12 heavy (non-hydrogen) atoms. The van der Waals surface area contributed by atoms with Crippen LogP contribution in [-0.4, -0.2) is 11.4 Å². The van der Waals surface area contributed by atoms with E-state index in [-0.39, 0.29) is 4.82 Å². The van der Waals surface area contributed by atoms with E-state index in [2.05, 4.69) is 43.2 Å². The molecule has 0 atom stereocenters. The average molecular weight is 313 g/mol. The minimum Gasteiger partial charge on any atom is -0.346 e. The van der Waals surface area contributed by atoms with Crippen molar-refractivity contribution in [1.29, 1.82) is 0 Å². The lowest BCUT2D eigenvalue weighted by Crippen LogP contribution is -2.18. The van der Waals surface area contributed by atoms with Gasteiger partial charge in [0.15, 0.2) is 0 Å². The van der Waals surface area contributed by atoms with Gasteiger partial charge in [0.25, 0.3) is 4.82 Å². The number of nitrogens with one attached hydrogen (secondary N) is 1. The lowest BCUT2D eigenvalue weighted by molar-refractivity contribution is 0.262. The Hall–Kier alpha value is 0.130. The van der Waals surface area contributed by atoms with Crippen molar-refractivity contribution in [2.45, 2.75) is 6.42 Å². The van der Waals surface area contributed by atoms with Crippen molar-refractivity contribution in [3.63, 3.8) is 0 Å². The first-order valence-electron chi connectivity index (χ1n) is 3.36. The molecule has 0 unspecified atom stereocenters. The van der Waals surface area contributed by atoms with E-state index in [0.29, 0.717) is 6.54 Å². The molecule has 66 valence electrons. The number of halogens is 2. The van der Waals surface area contributed by atoms with Gasteiger partial charge in [-0.25, -0.2) is 0 Å². The van der Waals surface area contributed by atoms with Gasteiger partial charge >= 0.3 is 0 Å². The molecule has 1 N–H and O–H groups in total. The summed E-state index contributed by atoms with van der Waals surface area (Å²) in [6, 6.07) is 4.06. The van der Waals surface area contributed by atoms with Gasteiger partial charge in [0.1, 0.15) is 0 Å². The Labute approximate surface area is 91.6 Å². The normalized spacial score (nSPS) is 9.83. The first kappa shape index (κ1) is 10.2. The standard InChI is InChI=1S/C7H7Br2NOS/c8-6-2-1-5(12-6)3-4-10-7(9)11/h1-2H,3-4H2,(H,10,11). The maximum Gasteiger partial charge on any atom is 0.287 e. The summed E-state index contributed by atoms with van der Waals surface area (Å²) in [4.78, 5) is 11.6. The van der Waals surface area contributed by atoms with E-state index < -0.39 is 0 Å². The third kappa shape index (κ3) is 3.69. The first-order chi connectivity index (χ1) is 5.68. The molecule has 5 heteroatoms. The van der Waals surface area contributed by atoms with Crippen molar-refractivity contribution in [1.82, 2.24) is 5.32 Å². The molecule has 0 fully saturated rings. The number of carbonyl (C=O) groups excluding carboxylic acids is 1. The van der Waals surface area contributed by atoms with E-state index in [9.17, 15) is 4.79 Å². The van der Waals surface area contributed by atoms with Crippen LogP contribution >= 0.6 is 43.2 Å². The Morgan fingerprint density at radius 2 is 2.33 bits per heavy atom. The van der Waals surface area contributed by atoms with Crippen molar-refractivity contribution in [3.8, 4) is 0 Å². The molecule has 0 aliphatic rings. The van der Waals surface area contributed by atoms with Crippen LogP contribution in [0.1, 0.15) is 4.88 Å². The fourth-order valence-corrected chi connectivity index (χ4v) is 2.45. The van der Waals surface area contributed by atoms with Gasteiger partial charge < -0.3 is 5.32 Å². The van der Waals surface area contributed by atoms with E-state index in [4.69, 9.17) is 0 Å².